The second kappa shape index (κ2) is 6.18. The topological polar surface area (TPSA) is 35.2 Å². The molecule has 0 aromatic heterocycles. The van der Waals surface area contributed by atoms with Crippen molar-refractivity contribution in [2.45, 2.75) is 47.3 Å². The van der Waals surface area contributed by atoms with Gasteiger partial charge < -0.3 is 10.5 Å². The Morgan fingerprint density at radius 2 is 1.94 bits per heavy atom. The van der Waals surface area contributed by atoms with E-state index in [2.05, 4.69) is 45.9 Å². The van der Waals surface area contributed by atoms with Crippen molar-refractivity contribution in [2.24, 2.45) is 11.1 Å². The van der Waals surface area contributed by atoms with E-state index in [9.17, 15) is 0 Å². The average Bonchev–Trinajstić information content (AvgIpc) is 2.24. The summed E-state index contributed by atoms with van der Waals surface area (Å²) < 4.78 is 5.72. The summed E-state index contributed by atoms with van der Waals surface area (Å²) in [5, 5.41) is 0. The van der Waals surface area contributed by atoms with E-state index in [1.165, 1.54) is 16.7 Å². The summed E-state index contributed by atoms with van der Waals surface area (Å²) in [5.41, 5.74) is 9.66. The van der Waals surface area contributed by atoms with Gasteiger partial charge in [0.25, 0.3) is 0 Å². The molecule has 1 aromatic carbocycles. The first-order chi connectivity index (χ1) is 7.92. The van der Waals surface area contributed by atoms with Crippen molar-refractivity contribution in [3.8, 4) is 0 Å². The standard InChI is InChI=1S/C15H25NO/c1-12-9-13(10-16)5-6-14(12)11-17-8-7-15(2,3)4/h5-6,9H,7-8,10-11,16H2,1-4H3. The predicted molar refractivity (Wildman–Crippen MR) is 72.8 cm³/mol. The van der Waals surface area contributed by atoms with Crippen LogP contribution in [0.3, 0.4) is 0 Å². The van der Waals surface area contributed by atoms with Gasteiger partial charge in [0, 0.05) is 13.2 Å². The molecule has 0 aliphatic rings. The monoisotopic (exact) mass is 235 g/mol. The molecular formula is C15H25NO. The lowest BCUT2D eigenvalue weighted by Gasteiger charge is -2.18. The number of aryl methyl sites for hydroxylation is 1. The molecule has 0 atom stereocenters. The van der Waals surface area contributed by atoms with Crippen LogP contribution in [-0.4, -0.2) is 6.61 Å². The van der Waals surface area contributed by atoms with Crippen LogP contribution >= 0.6 is 0 Å². The Labute approximate surface area is 105 Å². The zero-order chi connectivity index (χ0) is 12.9. The molecule has 0 fully saturated rings. The molecule has 2 N–H and O–H groups in total. The number of hydrogen-bond donors (Lipinski definition) is 1. The first-order valence-electron chi connectivity index (χ1n) is 6.28. The van der Waals surface area contributed by atoms with E-state index in [0.29, 0.717) is 18.6 Å². The minimum atomic E-state index is 0.346. The minimum absolute atomic E-state index is 0.346. The highest BCUT2D eigenvalue weighted by Crippen LogP contribution is 2.19. The number of benzene rings is 1. The van der Waals surface area contributed by atoms with Crippen LogP contribution in [0, 0.1) is 12.3 Å². The number of nitrogens with two attached hydrogens (primary N) is 1. The fourth-order valence-electron chi connectivity index (χ4n) is 1.61. The van der Waals surface area contributed by atoms with Crippen molar-refractivity contribution < 1.29 is 4.74 Å². The third-order valence-corrected chi connectivity index (χ3v) is 2.90. The molecule has 2 heteroatoms. The van der Waals surface area contributed by atoms with Gasteiger partial charge >= 0.3 is 0 Å². The molecule has 96 valence electrons. The van der Waals surface area contributed by atoms with Crippen LogP contribution in [0.25, 0.3) is 0 Å². The van der Waals surface area contributed by atoms with Gasteiger partial charge in [0.1, 0.15) is 0 Å². The molecule has 0 saturated carbocycles. The molecular weight excluding hydrogens is 210 g/mol. The van der Waals surface area contributed by atoms with Gasteiger partial charge in [-0.15, -0.1) is 0 Å². The molecule has 0 amide bonds. The van der Waals surface area contributed by atoms with Crippen molar-refractivity contribution in [3.63, 3.8) is 0 Å². The summed E-state index contributed by atoms with van der Waals surface area (Å²) >= 11 is 0. The maximum absolute atomic E-state index is 5.72. The van der Waals surface area contributed by atoms with Gasteiger partial charge in [-0.2, -0.15) is 0 Å². The first kappa shape index (κ1) is 14.2. The predicted octanol–water partition coefficient (Wildman–Crippen LogP) is 3.41. The van der Waals surface area contributed by atoms with E-state index in [1.54, 1.807) is 0 Å². The fourth-order valence-corrected chi connectivity index (χ4v) is 1.61. The Kier molecular flexibility index (Phi) is 5.16. The van der Waals surface area contributed by atoms with E-state index < -0.39 is 0 Å². The number of rotatable bonds is 5. The van der Waals surface area contributed by atoms with Crippen LogP contribution in [0.1, 0.15) is 43.9 Å². The van der Waals surface area contributed by atoms with Gasteiger partial charge in [-0.05, 0) is 35.4 Å². The molecule has 0 radical (unpaired) electrons. The summed E-state index contributed by atoms with van der Waals surface area (Å²) in [6, 6.07) is 6.34. The van der Waals surface area contributed by atoms with Gasteiger partial charge in [0.15, 0.2) is 0 Å². The smallest absolute Gasteiger partial charge is 0.0719 e. The Hall–Kier alpha value is -0.860. The van der Waals surface area contributed by atoms with Crippen LogP contribution in [0.5, 0.6) is 0 Å². The van der Waals surface area contributed by atoms with E-state index in [4.69, 9.17) is 10.5 Å². The average molecular weight is 235 g/mol. The Morgan fingerprint density at radius 1 is 1.24 bits per heavy atom. The maximum atomic E-state index is 5.72. The molecule has 0 heterocycles. The first-order valence-corrected chi connectivity index (χ1v) is 6.28. The zero-order valence-corrected chi connectivity index (χ0v) is 11.5. The second-order valence-electron chi connectivity index (χ2n) is 5.83. The van der Waals surface area contributed by atoms with Crippen LogP contribution in [0.15, 0.2) is 18.2 Å². The Morgan fingerprint density at radius 3 is 2.47 bits per heavy atom. The van der Waals surface area contributed by atoms with Crippen molar-refractivity contribution in [1.82, 2.24) is 0 Å². The van der Waals surface area contributed by atoms with Crippen LogP contribution < -0.4 is 5.73 Å². The van der Waals surface area contributed by atoms with Crippen molar-refractivity contribution >= 4 is 0 Å². The van der Waals surface area contributed by atoms with E-state index in [1.807, 2.05) is 0 Å². The fraction of sp³-hybridized carbons (Fsp3) is 0.600. The lowest BCUT2D eigenvalue weighted by molar-refractivity contribution is 0.0959. The normalized spacial score (nSPS) is 11.8. The molecule has 0 unspecified atom stereocenters. The summed E-state index contributed by atoms with van der Waals surface area (Å²) in [7, 11) is 0. The molecule has 1 aromatic rings. The van der Waals surface area contributed by atoms with E-state index >= 15 is 0 Å². The molecule has 0 aliphatic carbocycles. The molecule has 17 heavy (non-hydrogen) atoms. The lowest BCUT2D eigenvalue weighted by atomic mass is 9.93. The van der Waals surface area contributed by atoms with Gasteiger partial charge in [-0.3, -0.25) is 0 Å². The largest absolute Gasteiger partial charge is 0.377 e. The number of hydrogen-bond acceptors (Lipinski definition) is 2. The molecule has 0 aliphatic heterocycles. The third-order valence-electron chi connectivity index (χ3n) is 2.90. The highest BCUT2D eigenvalue weighted by molar-refractivity contribution is 5.30. The minimum Gasteiger partial charge on any atom is -0.377 e. The Bertz CT molecular complexity index is 352. The van der Waals surface area contributed by atoms with Gasteiger partial charge in [-0.25, -0.2) is 0 Å². The van der Waals surface area contributed by atoms with Gasteiger partial charge in [-0.1, -0.05) is 39.0 Å². The highest BCUT2D eigenvalue weighted by atomic mass is 16.5. The van der Waals surface area contributed by atoms with Crippen LogP contribution in [-0.2, 0) is 17.9 Å². The summed E-state index contributed by atoms with van der Waals surface area (Å²) in [6.45, 7) is 10.9. The maximum Gasteiger partial charge on any atom is 0.0719 e. The molecule has 0 saturated heterocycles. The lowest BCUT2D eigenvalue weighted by Crippen LogP contribution is -2.09. The Balaban J connectivity index is 2.42. The third kappa shape index (κ3) is 5.33. The molecule has 0 bridgehead atoms. The summed E-state index contributed by atoms with van der Waals surface area (Å²) in [5.74, 6) is 0. The summed E-state index contributed by atoms with van der Waals surface area (Å²) in [6.07, 6.45) is 1.09. The van der Waals surface area contributed by atoms with Crippen LogP contribution in [0.2, 0.25) is 0 Å². The molecule has 2 nitrogen and oxygen atoms in total. The van der Waals surface area contributed by atoms with E-state index in [0.717, 1.165) is 13.0 Å². The van der Waals surface area contributed by atoms with Gasteiger partial charge in [0.2, 0.25) is 0 Å². The van der Waals surface area contributed by atoms with Crippen molar-refractivity contribution in [3.05, 3.63) is 34.9 Å². The van der Waals surface area contributed by atoms with Crippen LogP contribution in [0.4, 0.5) is 0 Å². The highest BCUT2D eigenvalue weighted by Gasteiger charge is 2.09. The number of ether oxygens (including phenoxy) is 1. The van der Waals surface area contributed by atoms with Crippen molar-refractivity contribution in [1.29, 1.82) is 0 Å². The SMILES string of the molecule is Cc1cc(CN)ccc1COCCC(C)(C)C. The zero-order valence-electron chi connectivity index (χ0n) is 11.5. The summed E-state index contributed by atoms with van der Waals surface area (Å²) in [4.78, 5) is 0. The van der Waals surface area contributed by atoms with Gasteiger partial charge in [0.05, 0.1) is 6.61 Å². The quantitative estimate of drug-likeness (QED) is 0.794. The second-order valence-corrected chi connectivity index (χ2v) is 5.83. The van der Waals surface area contributed by atoms with Crippen molar-refractivity contribution in [2.75, 3.05) is 6.61 Å². The van der Waals surface area contributed by atoms with E-state index in [-0.39, 0.29) is 0 Å². The molecule has 1 rings (SSSR count). The molecule has 0 spiro atoms.